The molecule has 0 unspecified atom stereocenters. The Morgan fingerprint density at radius 3 is 2.65 bits per heavy atom. The van der Waals surface area contributed by atoms with Gasteiger partial charge < -0.3 is 10.1 Å². The maximum atomic E-state index is 11.9. The van der Waals surface area contributed by atoms with E-state index in [1.807, 2.05) is 14.0 Å². The summed E-state index contributed by atoms with van der Waals surface area (Å²) in [6.07, 6.45) is 7.02. The second kappa shape index (κ2) is 5.56. The molecular formula is C15H23N3O2. The molecule has 2 aliphatic rings. The summed E-state index contributed by atoms with van der Waals surface area (Å²) in [6.45, 7) is 2.91. The molecule has 0 spiro atoms. The Labute approximate surface area is 119 Å². The minimum Gasteiger partial charge on any atom is -0.462 e. The number of rotatable bonds is 7. The van der Waals surface area contributed by atoms with Crippen LogP contribution < -0.4 is 5.32 Å². The van der Waals surface area contributed by atoms with Gasteiger partial charge in [-0.25, -0.2) is 4.79 Å². The molecule has 2 fully saturated rings. The molecule has 110 valence electrons. The van der Waals surface area contributed by atoms with Gasteiger partial charge in [0, 0.05) is 19.6 Å². The van der Waals surface area contributed by atoms with Gasteiger partial charge in [-0.1, -0.05) is 0 Å². The van der Waals surface area contributed by atoms with Gasteiger partial charge in [0.25, 0.3) is 0 Å². The van der Waals surface area contributed by atoms with Crippen molar-refractivity contribution < 1.29 is 9.53 Å². The van der Waals surface area contributed by atoms with Crippen molar-refractivity contribution in [2.24, 2.45) is 18.9 Å². The quantitative estimate of drug-likeness (QED) is 0.773. The standard InChI is InChI=1S/C15H23N3O2/c1-3-20-15(19)12-8-17-18(2)13(12)9-16-14(10-4-5-10)11-6-7-11/h8,10-11,14,16H,3-7,9H2,1-2H3. The van der Waals surface area contributed by atoms with Crippen molar-refractivity contribution in [2.75, 3.05) is 6.61 Å². The third-order valence-corrected chi connectivity index (χ3v) is 4.32. The second-order valence-corrected chi connectivity index (χ2v) is 5.93. The predicted molar refractivity (Wildman–Crippen MR) is 75.2 cm³/mol. The average molecular weight is 277 g/mol. The second-order valence-electron chi connectivity index (χ2n) is 5.93. The Morgan fingerprint density at radius 2 is 2.10 bits per heavy atom. The lowest BCUT2D eigenvalue weighted by molar-refractivity contribution is 0.0524. The van der Waals surface area contributed by atoms with E-state index in [1.54, 1.807) is 10.9 Å². The normalized spacial score (nSPS) is 18.6. The molecule has 0 amide bonds. The first-order valence-corrected chi connectivity index (χ1v) is 7.62. The van der Waals surface area contributed by atoms with E-state index in [0.717, 1.165) is 17.5 Å². The van der Waals surface area contributed by atoms with Gasteiger partial charge in [0.2, 0.25) is 0 Å². The molecule has 0 saturated heterocycles. The van der Waals surface area contributed by atoms with Crippen LogP contribution in [-0.2, 0) is 18.3 Å². The summed E-state index contributed by atoms with van der Waals surface area (Å²) < 4.78 is 6.86. The van der Waals surface area contributed by atoms with Gasteiger partial charge in [0.15, 0.2) is 0 Å². The number of ether oxygens (including phenoxy) is 1. The third-order valence-electron chi connectivity index (χ3n) is 4.32. The molecule has 1 aromatic rings. The van der Waals surface area contributed by atoms with E-state index in [0.29, 0.717) is 24.8 Å². The summed E-state index contributed by atoms with van der Waals surface area (Å²) in [4.78, 5) is 11.9. The highest BCUT2D eigenvalue weighted by molar-refractivity contribution is 5.90. The van der Waals surface area contributed by atoms with Gasteiger partial charge in [-0.3, -0.25) is 4.68 Å². The zero-order valence-corrected chi connectivity index (χ0v) is 12.3. The largest absolute Gasteiger partial charge is 0.462 e. The lowest BCUT2D eigenvalue weighted by atomic mass is 10.1. The number of nitrogens with one attached hydrogen (secondary N) is 1. The van der Waals surface area contributed by atoms with E-state index in [2.05, 4.69) is 10.4 Å². The van der Waals surface area contributed by atoms with Crippen molar-refractivity contribution in [1.82, 2.24) is 15.1 Å². The minimum absolute atomic E-state index is 0.271. The molecule has 0 atom stereocenters. The molecule has 0 bridgehead atoms. The van der Waals surface area contributed by atoms with Gasteiger partial charge in [-0.2, -0.15) is 5.10 Å². The number of esters is 1. The van der Waals surface area contributed by atoms with Gasteiger partial charge in [-0.05, 0) is 44.4 Å². The maximum absolute atomic E-state index is 11.9. The van der Waals surface area contributed by atoms with Gasteiger partial charge in [0.1, 0.15) is 5.56 Å². The predicted octanol–water partition coefficient (Wildman–Crippen LogP) is 1.87. The summed E-state index contributed by atoms with van der Waals surface area (Å²) in [5.41, 5.74) is 1.52. The number of hydrogen-bond acceptors (Lipinski definition) is 4. The average Bonchev–Trinajstić information content (AvgIpc) is 3.32. The Bertz CT molecular complexity index is 477. The summed E-state index contributed by atoms with van der Waals surface area (Å²) in [6, 6.07) is 0.625. The highest BCUT2D eigenvalue weighted by Crippen LogP contribution is 2.44. The first kappa shape index (κ1) is 13.6. The van der Waals surface area contributed by atoms with Crippen LogP contribution in [0.2, 0.25) is 0 Å². The molecule has 5 heteroatoms. The third kappa shape index (κ3) is 2.87. The van der Waals surface area contributed by atoms with Gasteiger partial charge in [-0.15, -0.1) is 0 Å². The molecule has 1 N–H and O–H groups in total. The number of carbonyl (C=O) groups is 1. The fourth-order valence-corrected chi connectivity index (χ4v) is 2.90. The fourth-order valence-electron chi connectivity index (χ4n) is 2.90. The van der Waals surface area contributed by atoms with Crippen LogP contribution >= 0.6 is 0 Å². The Hall–Kier alpha value is -1.36. The van der Waals surface area contributed by atoms with Crippen LogP contribution in [0.15, 0.2) is 6.20 Å². The zero-order chi connectivity index (χ0) is 14.1. The van der Waals surface area contributed by atoms with E-state index < -0.39 is 0 Å². The van der Waals surface area contributed by atoms with Crippen molar-refractivity contribution in [3.63, 3.8) is 0 Å². The van der Waals surface area contributed by atoms with Crippen LogP contribution in [0.1, 0.15) is 48.7 Å². The van der Waals surface area contributed by atoms with E-state index in [4.69, 9.17) is 4.74 Å². The van der Waals surface area contributed by atoms with Crippen molar-refractivity contribution in [3.8, 4) is 0 Å². The molecule has 1 aromatic heterocycles. The van der Waals surface area contributed by atoms with Crippen molar-refractivity contribution in [3.05, 3.63) is 17.5 Å². The highest BCUT2D eigenvalue weighted by atomic mass is 16.5. The molecule has 3 rings (SSSR count). The summed E-state index contributed by atoms with van der Waals surface area (Å²) in [7, 11) is 1.88. The molecule has 0 aromatic carbocycles. The van der Waals surface area contributed by atoms with Gasteiger partial charge >= 0.3 is 5.97 Å². The molecule has 1 heterocycles. The van der Waals surface area contributed by atoms with Crippen LogP contribution in [0.4, 0.5) is 0 Å². The molecule has 0 aliphatic heterocycles. The molecule has 2 saturated carbocycles. The molecular weight excluding hydrogens is 254 g/mol. The number of hydrogen-bond donors (Lipinski definition) is 1. The minimum atomic E-state index is -0.271. The molecule has 2 aliphatic carbocycles. The highest BCUT2D eigenvalue weighted by Gasteiger charge is 2.41. The van der Waals surface area contributed by atoms with Crippen LogP contribution in [0.5, 0.6) is 0 Å². The summed E-state index contributed by atoms with van der Waals surface area (Å²) >= 11 is 0. The molecule has 0 radical (unpaired) electrons. The maximum Gasteiger partial charge on any atom is 0.341 e. The van der Waals surface area contributed by atoms with Crippen LogP contribution in [-0.4, -0.2) is 28.4 Å². The lowest BCUT2D eigenvalue weighted by Gasteiger charge is -2.18. The molecule has 20 heavy (non-hydrogen) atoms. The first-order valence-electron chi connectivity index (χ1n) is 7.62. The lowest BCUT2D eigenvalue weighted by Crippen LogP contribution is -2.33. The van der Waals surface area contributed by atoms with Crippen molar-refractivity contribution in [2.45, 2.75) is 45.2 Å². The van der Waals surface area contributed by atoms with E-state index in [-0.39, 0.29) is 5.97 Å². The number of nitrogens with zero attached hydrogens (tertiary/aromatic N) is 2. The van der Waals surface area contributed by atoms with Crippen molar-refractivity contribution >= 4 is 5.97 Å². The number of aryl methyl sites for hydroxylation is 1. The molecule has 5 nitrogen and oxygen atoms in total. The summed E-state index contributed by atoms with van der Waals surface area (Å²) in [5, 5.41) is 7.85. The van der Waals surface area contributed by atoms with Crippen LogP contribution in [0.3, 0.4) is 0 Å². The topological polar surface area (TPSA) is 56.1 Å². The fraction of sp³-hybridized carbons (Fsp3) is 0.733. The Kier molecular flexibility index (Phi) is 3.78. The first-order chi connectivity index (χ1) is 9.70. The van der Waals surface area contributed by atoms with Crippen LogP contribution in [0, 0.1) is 11.8 Å². The summed E-state index contributed by atoms with van der Waals surface area (Å²) in [5.74, 6) is 1.43. The smallest absolute Gasteiger partial charge is 0.341 e. The van der Waals surface area contributed by atoms with Gasteiger partial charge in [0.05, 0.1) is 18.5 Å². The Balaban J connectivity index is 1.66. The Morgan fingerprint density at radius 1 is 1.45 bits per heavy atom. The SMILES string of the molecule is CCOC(=O)c1cnn(C)c1CNC(C1CC1)C1CC1. The van der Waals surface area contributed by atoms with E-state index >= 15 is 0 Å². The monoisotopic (exact) mass is 277 g/mol. The zero-order valence-electron chi connectivity index (χ0n) is 12.3. The van der Waals surface area contributed by atoms with Crippen LogP contribution in [0.25, 0.3) is 0 Å². The number of aromatic nitrogens is 2. The van der Waals surface area contributed by atoms with Crippen molar-refractivity contribution in [1.29, 1.82) is 0 Å². The number of carbonyl (C=O) groups excluding carboxylic acids is 1. The van der Waals surface area contributed by atoms with E-state index in [1.165, 1.54) is 25.7 Å². The van der Waals surface area contributed by atoms with E-state index in [9.17, 15) is 4.79 Å².